The van der Waals surface area contributed by atoms with Gasteiger partial charge in [0.25, 0.3) is 0 Å². The molecule has 1 atom stereocenters. The Morgan fingerprint density at radius 3 is 2.85 bits per heavy atom. The third-order valence-electron chi connectivity index (χ3n) is 3.47. The van der Waals surface area contributed by atoms with Crippen LogP contribution in [0.5, 0.6) is 0 Å². The summed E-state index contributed by atoms with van der Waals surface area (Å²) in [6.07, 6.45) is 0.551. The topological polar surface area (TPSA) is 52.6 Å². The number of rotatable bonds is 4. The first kappa shape index (κ1) is 15.2. The molecular weight excluding hydrogens is 324 g/mol. The van der Waals surface area contributed by atoms with Crippen LogP contribution in [-0.2, 0) is 25.5 Å². The number of benzene rings is 1. The van der Waals surface area contributed by atoms with Crippen molar-refractivity contribution in [2.45, 2.75) is 19.8 Å². The summed E-state index contributed by atoms with van der Waals surface area (Å²) < 4.78 is 11.4. The Morgan fingerprint density at radius 2 is 2.20 bits per heavy atom. The molecule has 1 aromatic carbocycles. The Morgan fingerprint density at radius 1 is 1.45 bits per heavy atom. The lowest BCUT2D eigenvalue weighted by molar-refractivity contribution is -0.169. The summed E-state index contributed by atoms with van der Waals surface area (Å²) in [5.74, 6) is -0.585. The molecule has 1 unspecified atom stereocenters. The molecule has 108 valence electrons. The van der Waals surface area contributed by atoms with Crippen LogP contribution in [0.25, 0.3) is 0 Å². The lowest BCUT2D eigenvalue weighted by Gasteiger charge is -2.33. The number of carbonyl (C=O) groups excluding carboxylic acids is 2. The molecule has 0 radical (unpaired) electrons. The molecule has 1 aliphatic heterocycles. The van der Waals surface area contributed by atoms with Crippen molar-refractivity contribution in [1.82, 2.24) is 0 Å². The van der Waals surface area contributed by atoms with Gasteiger partial charge in [0.15, 0.2) is 11.2 Å². The zero-order chi connectivity index (χ0) is 14.6. The third-order valence-corrected chi connectivity index (χ3v) is 4.25. The number of carbonyl (C=O) groups is 2. The van der Waals surface area contributed by atoms with Crippen LogP contribution in [0.4, 0.5) is 0 Å². The van der Waals surface area contributed by atoms with Crippen LogP contribution in [0.15, 0.2) is 28.7 Å². The van der Waals surface area contributed by atoms with Crippen LogP contribution >= 0.6 is 15.9 Å². The predicted molar refractivity (Wildman–Crippen MR) is 77.4 cm³/mol. The summed E-state index contributed by atoms with van der Waals surface area (Å²) >= 11 is 3.45. The normalized spacial score (nSPS) is 22.6. The Hall–Kier alpha value is -1.20. The van der Waals surface area contributed by atoms with Gasteiger partial charge in [-0.1, -0.05) is 34.1 Å². The zero-order valence-electron chi connectivity index (χ0n) is 11.4. The van der Waals surface area contributed by atoms with E-state index in [1.807, 2.05) is 24.3 Å². The van der Waals surface area contributed by atoms with E-state index in [9.17, 15) is 9.59 Å². The van der Waals surface area contributed by atoms with E-state index in [-0.39, 0.29) is 25.4 Å². The highest BCUT2D eigenvalue weighted by Crippen LogP contribution is 2.33. The molecule has 1 saturated heterocycles. The second kappa shape index (κ2) is 6.50. The van der Waals surface area contributed by atoms with Crippen molar-refractivity contribution < 1.29 is 19.1 Å². The lowest BCUT2D eigenvalue weighted by atomic mass is 9.76. The fourth-order valence-corrected chi connectivity index (χ4v) is 2.79. The van der Waals surface area contributed by atoms with Gasteiger partial charge in [-0.2, -0.15) is 0 Å². The Labute approximate surface area is 126 Å². The molecule has 20 heavy (non-hydrogen) atoms. The van der Waals surface area contributed by atoms with Crippen molar-refractivity contribution in [2.75, 3.05) is 19.8 Å². The SMILES string of the molecule is CCOC(=O)C1(Cc2ccccc2Br)COCCC1=O. The number of halogens is 1. The van der Waals surface area contributed by atoms with Gasteiger partial charge in [0.2, 0.25) is 0 Å². The molecule has 0 N–H and O–H groups in total. The van der Waals surface area contributed by atoms with Crippen molar-refractivity contribution in [3.8, 4) is 0 Å². The van der Waals surface area contributed by atoms with Crippen molar-refractivity contribution in [3.63, 3.8) is 0 Å². The van der Waals surface area contributed by atoms with Crippen LogP contribution in [0, 0.1) is 5.41 Å². The standard InChI is InChI=1S/C15H17BrO4/c1-2-20-14(18)15(10-19-8-7-13(15)17)9-11-5-3-4-6-12(11)16/h3-6H,2,7-10H2,1H3. The minimum Gasteiger partial charge on any atom is -0.465 e. The van der Waals surface area contributed by atoms with Crippen LogP contribution in [0.1, 0.15) is 18.9 Å². The summed E-state index contributed by atoms with van der Waals surface area (Å²) in [4.78, 5) is 24.7. The van der Waals surface area contributed by atoms with Gasteiger partial charge in [-0.05, 0) is 25.0 Å². The first-order chi connectivity index (χ1) is 9.60. The van der Waals surface area contributed by atoms with E-state index in [2.05, 4.69) is 15.9 Å². The molecule has 0 amide bonds. The molecule has 0 aromatic heterocycles. The molecule has 0 aliphatic carbocycles. The number of ketones is 1. The average molecular weight is 341 g/mol. The van der Waals surface area contributed by atoms with Crippen molar-refractivity contribution in [2.24, 2.45) is 5.41 Å². The largest absolute Gasteiger partial charge is 0.465 e. The molecule has 1 aliphatic rings. The van der Waals surface area contributed by atoms with Gasteiger partial charge in [0.05, 0.1) is 19.8 Å². The van der Waals surface area contributed by atoms with Crippen LogP contribution in [0.3, 0.4) is 0 Å². The minimum atomic E-state index is -1.21. The highest BCUT2D eigenvalue weighted by atomic mass is 79.9. The summed E-state index contributed by atoms with van der Waals surface area (Å²) in [7, 11) is 0. The van der Waals surface area contributed by atoms with Gasteiger partial charge in [0, 0.05) is 10.9 Å². The third kappa shape index (κ3) is 2.94. The van der Waals surface area contributed by atoms with E-state index in [0.29, 0.717) is 13.0 Å². The fraction of sp³-hybridized carbons (Fsp3) is 0.467. The molecule has 0 bridgehead atoms. The molecule has 0 spiro atoms. The molecule has 0 saturated carbocycles. The van der Waals surface area contributed by atoms with Gasteiger partial charge < -0.3 is 9.47 Å². The zero-order valence-corrected chi connectivity index (χ0v) is 12.9. The molecule has 5 heteroatoms. The highest BCUT2D eigenvalue weighted by Gasteiger charge is 2.49. The number of hydrogen-bond acceptors (Lipinski definition) is 4. The monoisotopic (exact) mass is 340 g/mol. The highest BCUT2D eigenvalue weighted by molar-refractivity contribution is 9.10. The van der Waals surface area contributed by atoms with E-state index in [1.165, 1.54) is 0 Å². The van der Waals surface area contributed by atoms with E-state index < -0.39 is 11.4 Å². The van der Waals surface area contributed by atoms with Gasteiger partial charge in [-0.15, -0.1) is 0 Å². The van der Waals surface area contributed by atoms with Gasteiger partial charge in [-0.3, -0.25) is 9.59 Å². The molecular formula is C15H17BrO4. The quantitative estimate of drug-likeness (QED) is 0.624. The van der Waals surface area contributed by atoms with Crippen molar-refractivity contribution in [1.29, 1.82) is 0 Å². The van der Waals surface area contributed by atoms with E-state index in [0.717, 1.165) is 10.0 Å². The van der Waals surface area contributed by atoms with Crippen molar-refractivity contribution in [3.05, 3.63) is 34.3 Å². The smallest absolute Gasteiger partial charge is 0.322 e. The maximum Gasteiger partial charge on any atom is 0.322 e. The molecule has 1 heterocycles. The maximum atomic E-state index is 12.4. The molecule has 1 aromatic rings. The predicted octanol–water partition coefficient (Wildman–Crippen LogP) is 2.53. The summed E-state index contributed by atoms with van der Waals surface area (Å²) in [5.41, 5.74) is -0.308. The van der Waals surface area contributed by atoms with E-state index in [4.69, 9.17) is 9.47 Å². The number of Topliss-reactive ketones (excluding diaryl/α,β-unsaturated/α-hetero) is 1. The van der Waals surface area contributed by atoms with E-state index in [1.54, 1.807) is 6.92 Å². The van der Waals surface area contributed by atoms with Gasteiger partial charge in [-0.25, -0.2) is 0 Å². The Balaban J connectivity index is 2.34. The molecule has 2 rings (SSSR count). The van der Waals surface area contributed by atoms with E-state index >= 15 is 0 Å². The Kier molecular flexibility index (Phi) is 4.94. The average Bonchev–Trinajstić information content (AvgIpc) is 2.44. The minimum absolute atomic E-state index is 0.0893. The van der Waals surface area contributed by atoms with Crippen LogP contribution in [0.2, 0.25) is 0 Å². The summed E-state index contributed by atoms with van der Waals surface area (Å²) in [6, 6.07) is 7.56. The molecule has 1 fully saturated rings. The van der Waals surface area contributed by atoms with Gasteiger partial charge >= 0.3 is 5.97 Å². The first-order valence-electron chi connectivity index (χ1n) is 6.62. The second-order valence-electron chi connectivity index (χ2n) is 4.80. The van der Waals surface area contributed by atoms with Crippen LogP contribution in [-0.4, -0.2) is 31.6 Å². The molecule has 4 nitrogen and oxygen atoms in total. The first-order valence-corrected chi connectivity index (χ1v) is 7.41. The van der Waals surface area contributed by atoms with Gasteiger partial charge in [0.1, 0.15) is 0 Å². The lowest BCUT2D eigenvalue weighted by Crippen LogP contribution is -2.49. The van der Waals surface area contributed by atoms with Crippen LogP contribution < -0.4 is 0 Å². The summed E-state index contributed by atoms with van der Waals surface area (Å²) in [6.45, 7) is 2.45. The number of hydrogen-bond donors (Lipinski definition) is 0. The summed E-state index contributed by atoms with van der Waals surface area (Å²) in [5, 5.41) is 0. The van der Waals surface area contributed by atoms with Crippen molar-refractivity contribution >= 4 is 27.7 Å². The number of ether oxygens (including phenoxy) is 2. The number of esters is 1. The second-order valence-corrected chi connectivity index (χ2v) is 5.65. The fourth-order valence-electron chi connectivity index (χ4n) is 2.36. The maximum absolute atomic E-state index is 12.4. The Bertz CT molecular complexity index is 514.